The molecule has 1 amide bonds. The zero-order valence-electron chi connectivity index (χ0n) is 15.8. The summed E-state index contributed by atoms with van der Waals surface area (Å²) in [5.41, 5.74) is 4.62. The number of nitrogens with one attached hydrogen (secondary N) is 1. The second-order valence-electron chi connectivity index (χ2n) is 7.22. The Morgan fingerprint density at radius 3 is 2.79 bits per heavy atom. The van der Waals surface area contributed by atoms with Crippen molar-refractivity contribution in [2.24, 2.45) is 0 Å². The molecule has 1 aliphatic heterocycles. The quantitative estimate of drug-likeness (QED) is 0.665. The molecule has 0 saturated carbocycles. The van der Waals surface area contributed by atoms with E-state index in [1.54, 1.807) is 13.3 Å². The van der Waals surface area contributed by atoms with Gasteiger partial charge in [-0.2, -0.15) is 0 Å². The molecule has 1 aromatic heterocycles. The first kappa shape index (κ1) is 18.7. The normalized spacial score (nSPS) is 16.6. The van der Waals surface area contributed by atoms with Gasteiger partial charge < -0.3 is 14.8 Å². The second-order valence-corrected chi connectivity index (χ2v) is 8.14. The number of imidazole rings is 1. The highest BCUT2D eigenvalue weighted by Crippen LogP contribution is 2.32. The third-order valence-electron chi connectivity index (χ3n) is 5.23. The Hall–Kier alpha value is -2.60. The van der Waals surface area contributed by atoms with Crippen molar-refractivity contribution in [3.05, 3.63) is 82.3 Å². The largest absolute Gasteiger partial charge is 0.363 e. The van der Waals surface area contributed by atoms with Gasteiger partial charge in [0.05, 0.1) is 24.6 Å². The number of fused-ring (bicyclic) bond motifs is 1. The van der Waals surface area contributed by atoms with Crippen LogP contribution >= 0.6 is 15.9 Å². The van der Waals surface area contributed by atoms with Crippen LogP contribution in [0, 0.1) is 0 Å². The van der Waals surface area contributed by atoms with E-state index < -0.39 is 0 Å². The summed E-state index contributed by atoms with van der Waals surface area (Å²) in [5.74, 6) is 0.107. The molecule has 5 nitrogen and oxygen atoms in total. The summed E-state index contributed by atoms with van der Waals surface area (Å²) in [6, 6.07) is 16.8. The SMILES string of the molecule is CC(=O)N1Cc2cc(Br)ccc2N(Cc2cnc[nH]2)C[C@H]1Cc1ccccc1. The van der Waals surface area contributed by atoms with Crippen LogP contribution in [0.1, 0.15) is 23.7 Å². The van der Waals surface area contributed by atoms with Crippen molar-refractivity contribution < 1.29 is 4.79 Å². The number of anilines is 1. The summed E-state index contributed by atoms with van der Waals surface area (Å²) in [5, 5.41) is 0. The summed E-state index contributed by atoms with van der Waals surface area (Å²) in [7, 11) is 0. The lowest BCUT2D eigenvalue weighted by Gasteiger charge is -2.32. The number of hydrogen-bond donors (Lipinski definition) is 1. The van der Waals surface area contributed by atoms with Gasteiger partial charge in [-0.15, -0.1) is 0 Å². The van der Waals surface area contributed by atoms with E-state index in [2.05, 4.69) is 73.3 Å². The van der Waals surface area contributed by atoms with Crippen molar-refractivity contribution in [3.8, 4) is 0 Å². The van der Waals surface area contributed by atoms with E-state index in [1.165, 1.54) is 11.3 Å². The maximum atomic E-state index is 12.6. The number of halogens is 1. The summed E-state index contributed by atoms with van der Waals surface area (Å²) in [6.07, 6.45) is 4.40. The molecule has 3 aromatic rings. The Bertz CT molecular complexity index is 942. The predicted molar refractivity (Wildman–Crippen MR) is 114 cm³/mol. The van der Waals surface area contributed by atoms with Gasteiger partial charge >= 0.3 is 0 Å². The average Bonchev–Trinajstić information content (AvgIpc) is 3.14. The molecule has 28 heavy (non-hydrogen) atoms. The molecule has 0 fully saturated rings. The number of rotatable bonds is 4. The molecule has 6 heteroatoms. The summed E-state index contributed by atoms with van der Waals surface area (Å²) in [4.78, 5) is 24.3. The predicted octanol–water partition coefficient (Wildman–Crippen LogP) is 4.15. The molecule has 2 heterocycles. The van der Waals surface area contributed by atoms with E-state index in [-0.39, 0.29) is 11.9 Å². The van der Waals surface area contributed by atoms with E-state index in [9.17, 15) is 4.79 Å². The third kappa shape index (κ3) is 4.12. The fourth-order valence-electron chi connectivity index (χ4n) is 3.91. The highest BCUT2D eigenvalue weighted by atomic mass is 79.9. The first-order valence-electron chi connectivity index (χ1n) is 9.42. The molecular weight excluding hydrogens is 416 g/mol. The average molecular weight is 439 g/mol. The molecule has 0 aliphatic carbocycles. The van der Waals surface area contributed by atoms with Crippen molar-refractivity contribution in [1.29, 1.82) is 0 Å². The summed E-state index contributed by atoms with van der Waals surface area (Å²) >= 11 is 3.58. The zero-order valence-corrected chi connectivity index (χ0v) is 17.4. The Kier molecular flexibility index (Phi) is 5.48. The van der Waals surface area contributed by atoms with Gasteiger partial charge in [-0.1, -0.05) is 46.3 Å². The molecule has 0 unspecified atom stereocenters. The molecular formula is C22H23BrN4O. The lowest BCUT2D eigenvalue weighted by atomic mass is 10.0. The van der Waals surface area contributed by atoms with Crippen LogP contribution in [0.3, 0.4) is 0 Å². The van der Waals surface area contributed by atoms with Crippen LogP contribution in [0.25, 0.3) is 0 Å². The molecule has 4 rings (SSSR count). The standard InChI is InChI=1S/C22H23BrN4O/c1-16(28)27-12-18-10-19(23)7-8-22(18)26(13-20-11-24-15-25-20)14-21(27)9-17-5-3-2-4-6-17/h2-8,10-11,15,21H,9,12-14H2,1H3,(H,24,25)/t21-/m1/s1. The molecule has 1 aliphatic rings. The highest BCUT2D eigenvalue weighted by molar-refractivity contribution is 9.10. The number of aromatic nitrogens is 2. The number of nitrogens with zero attached hydrogens (tertiary/aromatic N) is 3. The van der Waals surface area contributed by atoms with Crippen molar-refractivity contribution in [2.75, 3.05) is 11.4 Å². The number of H-pyrrole nitrogens is 1. The van der Waals surface area contributed by atoms with Gasteiger partial charge in [-0.3, -0.25) is 4.79 Å². The maximum Gasteiger partial charge on any atom is 0.220 e. The number of carbonyl (C=O) groups is 1. The molecule has 144 valence electrons. The molecule has 1 N–H and O–H groups in total. The van der Waals surface area contributed by atoms with Crippen LogP contribution in [-0.2, 0) is 24.3 Å². The Morgan fingerprint density at radius 2 is 2.07 bits per heavy atom. The van der Waals surface area contributed by atoms with Crippen LogP contribution in [0.15, 0.2) is 65.5 Å². The lowest BCUT2D eigenvalue weighted by molar-refractivity contribution is -0.131. The molecule has 2 aromatic carbocycles. The number of benzene rings is 2. The van der Waals surface area contributed by atoms with E-state index in [4.69, 9.17) is 0 Å². The van der Waals surface area contributed by atoms with Crippen molar-refractivity contribution in [3.63, 3.8) is 0 Å². The first-order chi connectivity index (χ1) is 13.6. The van der Waals surface area contributed by atoms with Gasteiger partial charge in [0, 0.05) is 36.4 Å². The first-order valence-corrected chi connectivity index (χ1v) is 10.2. The van der Waals surface area contributed by atoms with E-state index >= 15 is 0 Å². The Morgan fingerprint density at radius 1 is 1.25 bits per heavy atom. The molecule has 0 bridgehead atoms. The number of amides is 1. The van der Waals surface area contributed by atoms with E-state index in [1.807, 2.05) is 17.2 Å². The zero-order chi connectivity index (χ0) is 19.5. The Balaban J connectivity index is 1.71. The van der Waals surface area contributed by atoms with Crippen molar-refractivity contribution in [2.45, 2.75) is 32.5 Å². The van der Waals surface area contributed by atoms with Gasteiger partial charge in [0.1, 0.15) is 0 Å². The highest BCUT2D eigenvalue weighted by Gasteiger charge is 2.30. The van der Waals surface area contributed by atoms with Crippen molar-refractivity contribution >= 4 is 27.5 Å². The Labute approximate surface area is 173 Å². The van der Waals surface area contributed by atoms with Gasteiger partial charge in [-0.25, -0.2) is 4.98 Å². The summed E-state index contributed by atoms with van der Waals surface area (Å²) < 4.78 is 1.03. The van der Waals surface area contributed by atoms with Crippen molar-refractivity contribution in [1.82, 2.24) is 14.9 Å². The minimum Gasteiger partial charge on any atom is -0.363 e. The summed E-state index contributed by atoms with van der Waals surface area (Å²) in [6.45, 7) is 3.77. The maximum absolute atomic E-state index is 12.6. The minimum atomic E-state index is 0.0917. The van der Waals surface area contributed by atoms with E-state index in [0.29, 0.717) is 6.54 Å². The van der Waals surface area contributed by atoms with Crippen LogP contribution in [-0.4, -0.2) is 33.4 Å². The molecule has 0 spiro atoms. The lowest BCUT2D eigenvalue weighted by Crippen LogP contribution is -2.44. The fourth-order valence-corrected chi connectivity index (χ4v) is 4.32. The number of hydrogen-bond acceptors (Lipinski definition) is 3. The smallest absolute Gasteiger partial charge is 0.220 e. The van der Waals surface area contributed by atoms with Crippen LogP contribution in [0.2, 0.25) is 0 Å². The monoisotopic (exact) mass is 438 g/mol. The minimum absolute atomic E-state index is 0.0917. The number of aromatic amines is 1. The number of carbonyl (C=O) groups excluding carboxylic acids is 1. The van der Waals surface area contributed by atoms with Gasteiger partial charge in [0.25, 0.3) is 0 Å². The van der Waals surface area contributed by atoms with E-state index in [0.717, 1.165) is 35.2 Å². The van der Waals surface area contributed by atoms with Gasteiger partial charge in [0.15, 0.2) is 0 Å². The van der Waals surface area contributed by atoms with Gasteiger partial charge in [0.2, 0.25) is 5.91 Å². The fraction of sp³-hybridized carbons (Fsp3) is 0.273. The van der Waals surface area contributed by atoms with Crippen LogP contribution < -0.4 is 4.90 Å². The van der Waals surface area contributed by atoms with Gasteiger partial charge in [-0.05, 0) is 35.7 Å². The third-order valence-corrected chi connectivity index (χ3v) is 5.72. The van der Waals surface area contributed by atoms with Crippen LogP contribution in [0.4, 0.5) is 5.69 Å². The molecule has 0 radical (unpaired) electrons. The topological polar surface area (TPSA) is 52.2 Å². The molecule has 0 saturated heterocycles. The second kappa shape index (κ2) is 8.19. The molecule has 1 atom stereocenters. The van der Waals surface area contributed by atoms with Crippen LogP contribution in [0.5, 0.6) is 0 Å².